The highest BCUT2D eigenvalue weighted by Gasteiger charge is 2.19. The fraction of sp³-hybridized carbons (Fsp3) is 0.727. The Kier molecular flexibility index (Phi) is 5.22. The zero-order chi connectivity index (χ0) is 11.3. The molecule has 1 aromatic rings. The lowest BCUT2D eigenvalue weighted by atomic mass is 10.1. The maximum absolute atomic E-state index is 9.94. The Morgan fingerprint density at radius 3 is 2.73 bits per heavy atom. The first-order chi connectivity index (χ1) is 7.17. The Morgan fingerprint density at radius 1 is 1.53 bits per heavy atom. The standard InChI is InChI=1S/C11H19NO2S/c1-4-10(14-5-2)9(13)6-11-12-8(3)7-15-11/h7,9-10,13H,4-6H2,1-3H3. The van der Waals surface area contributed by atoms with Gasteiger partial charge in [-0.2, -0.15) is 0 Å². The van der Waals surface area contributed by atoms with Gasteiger partial charge in [0, 0.05) is 24.1 Å². The number of hydrogen-bond donors (Lipinski definition) is 1. The van der Waals surface area contributed by atoms with Gasteiger partial charge in [-0.05, 0) is 20.3 Å². The first kappa shape index (κ1) is 12.6. The minimum absolute atomic E-state index is 0.0702. The van der Waals surface area contributed by atoms with E-state index in [4.69, 9.17) is 4.74 Å². The molecule has 3 nitrogen and oxygen atoms in total. The molecule has 1 N–H and O–H groups in total. The lowest BCUT2D eigenvalue weighted by molar-refractivity contribution is -0.0334. The van der Waals surface area contributed by atoms with Crippen molar-refractivity contribution in [1.82, 2.24) is 4.98 Å². The smallest absolute Gasteiger partial charge is 0.0954 e. The maximum Gasteiger partial charge on any atom is 0.0954 e. The molecule has 0 aliphatic carbocycles. The molecule has 1 rings (SSSR count). The first-order valence-corrected chi connectivity index (χ1v) is 6.26. The predicted molar refractivity (Wildman–Crippen MR) is 62.3 cm³/mol. The average molecular weight is 229 g/mol. The summed E-state index contributed by atoms with van der Waals surface area (Å²) in [5.74, 6) is 0. The van der Waals surface area contributed by atoms with Crippen LogP contribution in [0.3, 0.4) is 0 Å². The quantitative estimate of drug-likeness (QED) is 0.813. The number of rotatable bonds is 6. The van der Waals surface area contributed by atoms with Crippen molar-refractivity contribution in [3.05, 3.63) is 16.1 Å². The van der Waals surface area contributed by atoms with Gasteiger partial charge in [-0.15, -0.1) is 11.3 Å². The minimum atomic E-state index is -0.444. The highest BCUT2D eigenvalue weighted by molar-refractivity contribution is 7.09. The molecular formula is C11H19NO2S. The van der Waals surface area contributed by atoms with Gasteiger partial charge >= 0.3 is 0 Å². The molecule has 0 spiro atoms. The highest BCUT2D eigenvalue weighted by Crippen LogP contribution is 2.15. The van der Waals surface area contributed by atoms with E-state index < -0.39 is 6.10 Å². The molecule has 0 radical (unpaired) electrons. The van der Waals surface area contributed by atoms with E-state index in [-0.39, 0.29) is 6.10 Å². The molecule has 0 aliphatic rings. The Bertz CT molecular complexity index is 288. The van der Waals surface area contributed by atoms with Crippen molar-refractivity contribution in [2.75, 3.05) is 6.61 Å². The zero-order valence-electron chi connectivity index (χ0n) is 9.56. The van der Waals surface area contributed by atoms with Crippen molar-refractivity contribution in [3.8, 4) is 0 Å². The van der Waals surface area contributed by atoms with Gasteiger partial charge in [-0.1, -0.05) is 6.92 Å². The SMILES string of the molecule is CCOC(CC)C(O)Cc1nc(C)cs1. The van der Waals surface area contributed by atoms with Crippen molar-refractivity contribution >= 4 is 11.3 Å². The van der Waals surface area contributed by atoms with Gasteiger partial charge in [0.2, 0.25) is 0 Å². The maximum atomic E-state index is 9.94. The van der Waals surface area contributed by atoms with Crippen molar-refractivity contribution in [1.29, 1.82) is 0 Å². The van der Waals surface area contributed by atoms with E-state index in [9.17, 15) is 5.11 Å². The van der Waals surface area contributed by atoms with Crippen molar-refractivity contribution in [3.63, 3.8) is 0 Å². The molecule has 2 atom stereocenters. The van der Waals surface area contributed by atoms with E-state index in [0.29, 0.717) is 13.0 Å². The summed E-state index contributed by atoms with van der Waals surface area (Å²) < 4.78 is 5.46. The van der Waals surface area contributed by atoms with Crippen LogP contribution in [-0.4, -0.2) is 28.9 Å². The second-order valence-electron chi connectivity index (χ2n) is 3.56. The van der Waals surface area contributed by atoms with Crippen LogP contribution in [0.25, 0.3) is 0 Å². The zero-order valence-corrected chi connectivity index (χ0v) is 10.4. The first-order valence-electron chi connectivity index (χ1n) is 5.38. The third-order valence-corrected chi connectivity index (χ3v) is 3.25. The van der Waals surface area contributed by atoms with Crippen molar-refractivity contribution in [2.45, 2.75) is 45.8 Å². The summed E-state index contributed by atoms with van der Waals surface area (Å²) in [6.45, 7) is 6.58. The van der Waals surface area contributed by atoms with Crippen LogP contribution in [0.4, 0.5) is 0 Å². The van der Waals surface area contributed by atoms with Crippen LogP contribution in [-0.2, 0) is 11.2 Å². The fourth-order valence-corrected chi connectivity index (χ4v) is 2.34. The number of aliphatic hydroxyl groups is 1. The summed E-state index contributed by atoms with van der Waals surface area (Å²) in [6, 6.07) is 0. The Balaban J connectivity index is 2.49. The molecule has 0 aromatic carbocycles. The van der Waals surface area contributed by atoms with Crippen LogP contribution in [0.5, 0.6) is 0 Å². The number of hydrogen-bond acceptors (Lipinski definition) is 4. The predicted octanol–water partition coefficient (Wildman–Crippen LogP) is 2.17. The number of aliphatic hydroxyl groups excluding tert-OH is 1. The molecule has 0 bridgehead atoms. The molecule has 4 heteroatoms. The van der Waals surface area contributed by atoms with Crippen LogP contribution < -0.4 is 0 Å². The third kappa shape index (κ3) is 3.89. The van der Waals surface area contributed by atoms with Gasteiger partial charge in [0.1, 0.15) is 0 Å². The highest BCUT2D eigenvalue weighted by atomic mass is 32.1. The van der Waals surface area contributed by atoms with Crippen LogP contribution >= 0.6 is 11.3 Å². The Morgan fingerprint density at radius 2 is 2.27 bits per heavy atom. The van der Waals surface area contributed by atoms with Gasteiger partial charge in [-0.25, -0.2) is 4.98 Å². The van der Waals surface area contributed by atoms with E-state index in [2.05, 4.69) is 4.98 Å². The summed E-state index contributed by atoms with van der Waals surface area (Å²) in [7, 11) is 0. The monoisotopic (exact) mass is 229 g/mol. The molecule has 1 aromatic heterocycles. The number of aromatic nitrogens is 1. The molecule has 0 amide bonds. The average Bonchev–Trinajstić information content (AvgIpc) is 2.60. The largest absolute Gasteiger partial charge is 0.390 e. The van der Waals surface area contributed by atoms with Crippen molar-refractivity contribution < 1.29 is 9.84 Å². The van der Waals surface area contributed by atoms with E-state index in [1.54, 1.807) is 11.3 Å². The summed E-state index contributed by atoms with van der Waals surface area (Å²) in [4.78, 5) is 4.33. The van der Waals surface area contributed by atoms with E-state index >= 15 is 0 Å². The number of aryl methyl sites for hydroxylation is 1. The summed E-state index contributed by atoms with van der Waals surface area (Å²) in [5, 5.41) is 12.9. The van der Waals surface area contributed by atoms with E-state index in [0.717, 1.165) is 17.1 Å². The Hall–Kier alpha value is -0.450. The third-order valence-electron chi connectivity index (χ3n) is 2.26. The van der Waals surface area contributed by atoms with Gasteiger partial charge in [0.25, 0.3) is 0 Å². The van der Waals surface area contributed by atoms with E-state index in [1.165, 1.54) is 0 Å². The summed E-state index contributed by atoms with van der Waals surface area (Å²) >= 11 is 1.60. The fourth-order valence-electron chi connectivity index (χ4n) is 1.52. The van der Waals surface area contributed by atoms with Gasteiger partial charge < -0.3 is 9.84 Å². The molecule has 0 aliphatic heterocycles. The lowest BCUT2D eigenvalue weighted by Crippen LogP contribution is -2.30. The second-order valence-corrected chi connectivity index (χ2v) is 4.50. The summed E-state index contributed by atoms with van der Waals surface area (Å²) in [6.07, 6.45) is 0.913. The van der Waals surface area contributed by atoms with Crippen LogP contribution in [0, 0.1) is 6.92 Å². The van der Waals surface area contributed by atoms with Gasteiger partial charge in [0.15, 0.2) is 0 Å². The molecule has 0 saturated heterocycles. The normalized spacial score (nSPS) is 15.2. The van der Waals surface area contributed by atoms with Crippen LogP contribution in [0.15, 0.2) is 5.38 Å². The van der Waals surface area contributed by atoms with Crippen molar-refractivity contribution in [2.24, 2.45) is 0 Å². The van der Waals surface area contributed by atoms with Crippen LogP contribution in [0.2, 0.25) is 0 Å². The molecule has 86 valence electrons. The van der Waals surface area contributed by atoms with E-state index in [1.807, 2.05) is 26.2 Å². The minimum Gasteiger partial charge on any atom is -0.390 e. The van der Waals surface area contributed by atoms with Gasteiger partial charge in [0.05, 0.1) is 17.2 Å². The molecule has 15 heavy (non-hydrogen) atoms. The number of ether oxygens (including phenoxy) is 1. The lowest BCUT2D eigenvalue weighted by Gasteiger charge is -2.20. The van der Waals surface area contributed by atoms with Gasteiger partial charge in [-0.3, -0.25) is 0 Å². The molecule has 0 saturated carbocycles. The summed E-state index contributed by atoms with van der Waals surface area (Å²) in [5.41, 5.74) is 1.02. The molecule has 0 fully saturated rings. The second kappa shape index (κ2) is 6.20. The Labute approximate surface area is 95.1 Å². The number of nitrogens with zero attached hydrogens (tertiary/aromatic N) is 1. The van der Waals surface area contributed by atoms with Crippen LogP contribution in [0.1, 0.15) is 31.0 Å². The molecule has 2 unspecified atom stereocenters. The molecular weight excluding hydrogens is 210 g/mol. The number of thiazole rings is 1. The molecule has 1 heterocycles. The topological polar surface area (TPSA) is 42.4 Å².